The molecule has 2 unspecified atom stereocenters. The van der Waals surface area contributed by atoms with E-state index in [1.54, 1.807) is 0 Å². The van der Waals surface area contributed by atoms with Crippen LogP contribution >= 0.6 is 0 Å². The molecule has 0 spiro atoms. The van der Waals surface area contributed by atoms with Gasteiger partial charge in [0.1, 0.15) is 0 Å². The van der Waals surface area contributed by atoms with Gasteiger partial charge >= 0.3 is 0 Å². The Labute approximate surface area is 178 Å². The van der Waals surface area contributed by atoms with E-state index in [2.05, 4.69) is 28.9 Å². The van der Waals surface area contributed by atoms with Gasteiger partial charge in [-0.3, -0.25) is 9.69 Å². The largest absolute Gasteiger partial charge is 0.369 e. The number of carbonyl (C=O) groups is 1. The number of benzene rings is 2. The molecule has 156 valence electrons. The second-order valence-corrected chi connectivity index (χ2v) is 9.49. The minimum atomic E-state index is -0.745. The van der Waals surface area contributed by atoms with Crippen molar-refractivity contribution in [2.24, 2.45) is 5.73 Å². The number of nitrogens with zero attached hydrogens (tertiary/aromatic N) is 1. The molecule has 2 aliphatic heterocycles. The number of hydrogen-bond donors (Lipinski definition) is 2. The molecule has 1 amide bonds. The van der Waals surface area contributed by atoms with E-state index in [-0.39, 0.29) is 5.91 Å². The monoisotopic (exact) mass is 401 g/mol. The van der Waals surface area contributed by atoms with Crippen LogP contribution in [0.2, 0.25) is 0 Å². The number of aromatic amines is 1. The zero-order valence-electron chi connectivity index (χ0n) is 18.0. The lowest BCUT2D eigenvalue weighted by atomic mass is 9.76. The Hall–Kier alpha value is -2.59. The van der Waals surface area contributed by atoms with Gasteiger partial charge in [-0.1, -0.05) is 48.4 Å². The summed E-state index contributed by atoms with van der Waals surface area (Å²) in [6.07, 6.45) is 5.65. The fraction of sp³-hybridized carbons (Fsp3) is 0.423. The van der Waals surface area contributed by atoms with E-state index in [1.807, 2.05) is 37.3 Å². The van der Waals surface area contributed by atoms with E-state index < -0.39 is 5.41 Å². The van der Waals surface area contributed by atoms with Gasteiger partial charge in [-0.05, 0) is 62.4 Å². The first-order chi connectivity index (χ1) is 14.5. The summed E-state index contributed by atoms with van der Waals surface area (Å²) in [5, 5.41) is 1.32. The molecule has 1 aromatic heterocycles. The smallest absolute Gasteiger partial charge is 0.228 e. The molecule has 3 aromatic rings. The number of piperidine rings is 1. The molecule has 0 aliphatic carbocycles. The molecule has 2 aromatic carbocycles. The summed E-state index contributed by atoms with van der Waals surface area (Å²) < 4.78 is 0. The van der Waals surface area contributed by atoms with E-state index in [9.17, 15) is 4.79 Å². The first kappa shape index (κ1) is 19.4. The second-order valence-electron chi connectivity index (χ2n) is 9.49. The van der Waals surface area contributed by atoms with E-state index >= 15 is 0 Å². The number of carbonyl (C=O) groups excluding carboxylic acids is 1. The zero-order chi connectivity index (χ0) is 20.9. The minimum absolute atomic E-state index is 0.281. The quantitative estimate of drug-likeness (QED) is 0.682. The van der Waals surface area contributed by atoms with E-state index in [1.165, 1.54) is 59.1 Å². The zero-order valence-corrected chi connectivity index (χ0v) is 18.0. The van der Waals surface area contributed by atoms with Gasteiger partial charge in [0.05, 0.1) is 5.41 Å². The average Bonchev–Trinajstić information content (AvgIpc) is 3.10. The van der Waals surface area contributed by atoms with Gasteiger partial charge in [0, 0.05) is 35.6 Å². The van der Waals surface area contributed by atoms with Crippen molar-refractivity contribution >= 4 is 16.8 Å². The van der Waals surface area contributed by atoms with Crippen LogP contribution in [0.3, 0.4) is 0 Å². The first-order valence-electron chi connectivity index (χ1n) is 11.2. The number of rotatable bonds is 4. The van der Waals surface area contributed by atoms with Crippen molar-refractivity contribution in [2.45, 2.75) is 64.0 Å². The van der Waals surface area contributed by atoms with Crippen LogP contribution in [0.5, 0.6) is 0 Å². The topological polar surface area (TPSA) is 62.1 Å². The number of aromatic nitrogens is 1. The number of amides is 1. The summed E-state index contributed by atoms with van der Waals surface area (Å²) in [6, 6.07) is 15.2. The van der Waals surface area contributed by atoms with Gasteiger partial charge in [0.2, 0.25) is 5.91 Å². The number of aryl methyl sites for hydroxylation is 1. The summed E-state index contributed by atoms with van der Waals surface area (Å²) >= 11 is 0. The Morgan fingerprint density at radius 3 is 2.80 bits per heavy atom. The van der Waals surface area contributed by atoms with Crippen LogP contribution in [0.1, 0.15) is 54.1 Å². The molecule has 3 heterocycles. The average molecular weight is 402 g/mol. The number of fused-ring (bicyclic) bond motifs is 4. The molecule has 4 heteroatoms. The molecule has 5 rings (SSSR count). The number of hydrogen-bond acceptors (Lipinski definition) is 2. The van der Waals surface area contributed by atoms with Crippen LogP contribution in [-0.2, 0) is 29.6 Å². The third-order valence-corrected chi connectivity index (χ3v) is 7.38. The maximum atomic E-state index is 12.6. The molecular weight excluding hydrogens is 370 g/mol. The Kier molecular flexibility index (Phi) is 4.70. The van der Waals surface area contributed by atoms with Crippen molar-refractivity contribution in [1.82, 2.24) is 9.88 Å². The van der Waals surface area contributed by atoms with E-state index in [4.69, 9.17) is 5.73 Å². The van der Waals surface area contributed by atoms with Crippen LogP contribution in [0.15, 0.2) is 42.5 Å². The van der Waals surface area contributed by atoms with Gasteiger partial charge in [-0.2, -0.15) is 0 Å². The SMILES string of the molecule is Cc1cc(CC(C)(C(N)=O)c2ccccc2)c2[nH]c3c(c2c1)CN1CCCCC1C3. The summed E-state index contributed by atoms with van der Waals surface area (Å²) in [4.78, 5) is 19.1. The van der Waals surface area contributed by atoms with Crippen LogP contribution in [0, 0.1) is 6.92 Å². The molecule has 1 fully saturated rings. The number of nitrogens with two attached hydrogens (primary N) is 1. The molecule has 0 bridgehead atoms. The molecule has 4 nitrogen and oxygen atoms in total. The summed E-state index contributed by atoms with van der Waals surface area (Å²) in [5.41, 5.74) is 12.6. The van der Waals surface area contributed by atoms with Crippen LogP contribution in [0.25, 0.3) is 10.9 Å². The number of nitrogens with one attached hydrogen (secondary N) is 1. The van der Waals surface area contributed by atoms with Crippen LogP contribution in [-0.4, -0.2) is 28.4 Å². The maximum Gasteiger partial charge on any atom is 0.228 e. The second kappa shape index (κ2) is 7.28. The highest BCUT2D eigenvalue weighted by Gasteiger charge is 2.35. The minimum Gasteiger partial charge on any atom is -0.369 e. The lowest BCUT2D eigenvalue weighted by Gasteiger charge is -2.39. The maximum absolute atomic E-state index is 12.6. The number of H-pyrrole nitrogens is 1. The summed E-state index contributed by atoms with van der Waals surface area (Å²) in [6.45, 7) is 6.37. The molecule has 3 N–H and O–H groups in total. The van der Waals surface area contributed by atoms with Crippen molar-refractivity contribution in [2.75, 3.05) is 6.54 Å². The highest BCUT2D eigenvalue weighted by atomic mass is 16.1. The first-order valence-corrected chi connectivity index (χ1v) is 11.2. The Morgan fingerprint density at radius 1 is 1.23 bits per heavy atom. The summed E-state index contributed by atoms with van der Waals surface area (Å²) in [7, 11) is 0. The van der Waals surface area contributed by atoms with Crippen molar-refractivity contribution in [3.8, 4) is 0 Å². The molecule has 1 saturated heterocycles. The van der Waals surface area contributed by atoms with Gasteiger partial charge in [0.15, 0.2) is 0 Å². The Bertz CT molecular complexity index is 1100. The van der Waals surface area contributed by atoms with Gasteiger partial charge < -0.3 is 10.7 Å². The highest BCUT2D eigenvalue weighted by Crippen LogP contribution is 2.37. The molecule has 2 atom stereocenters. The van der Waals surface area contributed by atoms with Crippen molar-refractivity contribution in [1.29, 1.82) is 0 Å². The highest BCUT2D eigenvalue weighted by molar-refractivity contribution is 5.91. The lowest BCUT2D eigenvalue weighted by molar-refractivity contribution is -0.123. The Morgan fingerprint density at radius 2 is 2.03 bits per heavy atom. The Balaban J connectivity index is 1.60. The normalized spacial score (nSPS) is 21.1. The molecule has 0 saturated carbocycles. The van der Waals surface area contributed by atoms with Gasteiger partial charge in [-0.15, -0.1) is 0 Å². The fourth-order valence-corrected chi connectivity index (χ4v) is 5.59. The lowest BCUT2D eigenvalue weighted by Crippen LogP contribution is -2.43. The molecule has 2 aliphatic rings. The van der Waals surface area contributed by atoms with Crippen molar-refractivity contribution in [3.05, 3.63) is 70.4 Å². The molecular formula is C26H31N3O. The van der Waals surface area contributed by atoms with Crippen molar-refractivity contribution in [3.63, 3.8) is 0 Å². The van der Waals surface area contributed by atoms with Crippen LogP contribution < -0.4 is 5.73 Å². The van der Waals surface area contributed by atoms with Crippen LogP contribution in [0.4, 0.5) is 0 Å². The third kappa shape index (κ3) is 3.14. The predicted octanol–water partition coefficient (Wildman–Crippen LogP) is 4.37. The van der Waals surface area contributed by atoms with Gasteiger partial charge in [-0.25, -0.2) is 0 Å². The molecule has 30 heavy (non-hydrogen) atoms. The molecule has 0 radical (unpaired) electrons. The van der Waals surface area contributed by atoms with Crippen molar-refractivity contribution < 1.29 is 4.79 Å². The fourth-order valence-electron chi connectivity index (χ4n) is 5.59. The van der Waals surface area contributed by atoms with E-state index in [0.717, 1.165) is 18.5 Å². The number of primary amides is 1. The van der Waals surface area contributed by atoms with E-state index in [0.29, 0.717) is 12.5 Å². The summed E-state index contributed by atoms with van der Waals surface area (Å²) in [5.74, 6) is -0.281. The standard InChI is InChI=1S/C26H31N3O/c1-17-12-18(15-26(2,25(27)30)19-8-4-3-5-9-19)24-21(13-17)22-16-29-11-7-6-10-20(29)14-23(22)28-24/h3-5,8-9,12-13,20,28H,6-7,10-11,14-16H2,1-2H3,(H2,27,30). The third-order valence-electron chi connectivity index (χ3n) is 7.38. The predicted molar refractivity (Wildman–Crippen MR) is 121 cm³/mol. The van der Waals surface area contributed by atoms with Gasteiger partial charge in [0.25, 0.3) is 0 Å².